The van der Waals surface area contributed by atoms with Crippen LogP contribution < -0.4 is 9.86 Å². The molecule has 74 valence electrons. The van der Waals surface area contributed by atoms with Crippen molar-refractivity contribution in [2.24, 2.45) is 5.14 Å². The van der Waals surface area contributed by atoms with Crippen LogP contribution in [0.3, 0.4) is 0 Å². The third-order valence-electron chi connectivity index (χ3n) is 0.828. The molecule has 0 fully saturated rings. The van der Waals surface area contributed by atoms with E-state index in [1.54, 1.807) is 0 Å². The maximum absolute atomic E-state index is 11.9. The lowest BCUT2D eigenvalue weighted by atomic mass is 10.4. The summed E-state index contributed by atoms with van der Waals surface area (Å²) in [6.07, 6.45) is -3.92. The molecule has 0 radical (unpaired) electrons. The highest BCUT2D eigenvalue weighted by atomic mass is 32.2. The summed E-state index contributed by atoms with van der Waals surface area (Å²) < 4.78 is 67.7. The van der Waals surface area contributed by atoms with Crippen molar-refractivity contribution in [1.82, 2.24) is 4.72 Å². The van der Waals surface area contributed by atoms with Crippen LogP contribution in [0.5, 0.6) is 0 Å². The van der Waals surface area contributed by atoms with Gasteiger partial charge in [-0.3, -0.25) is 0 Å². The summed E-state index contributed by atoms with van der Waals surface area (Å²) in [6, 6.07) is 0. The SMILES string of the molecule is NS(=O)(=O)NCC(F)(F)C(F)F. The van der Waals surface area contributed by atoms with E-state index < -0.39 is 29.1 Å². The van der Waals surface area contributed by atoms with Gasteiger partial charge in [-0.2, -0.15) is 21.9 Å². The van der Waals surface area contributed by atoms with E-state index in [2.05, 4.69) is 5.14 Å². The maximum atomic E-state index is 11.9. The van der Waals surface area contributed by atoms with Crippen LogP contribution in [0, 0.1) is 0 Å². The topological polar surface area (TPSA) is 72.2 Å². The molecule has 0 aromatic rings. The van der Waals surface area contributed by atoms with Crippen LogP contribution in [-0.4, -0.2) is 27.3 Å². The lowest BCUT2D eigenvalue weighted by Gasteiger charge is -2.14. The van der Waals surface area contributed by atoms with Crippen LogP contribution in [-0.2, 0) is 10.2 Å². The molecule has 0 rings (SSSR count). The zero-order valence-electron chi connectivity index (χ0n) is 5.60. The molecule has 0 bridgehead atoms. The van der Waals surface area contributed by atoms with Gasteiger partial charge in [-0.1, -0.05) is 0 Å². The summed E-state index contributed by atoms with van der Waals surface area (Å²) in [5, 5.41) is 4.23. The van der Waals surface area contributed by atoms with Crippen LogP contribution in [0.1, 0.15) is 0 Å². The zero-order chi connectivity index (χ0) is 9.99. The maximum Gasteiger partial charge on any atom is 0.320 e. The number of nitrogens with two attached hydrogens (primary N) is 1. The summed E-state index contributed by atoms with van der Waals surface area (Å²) in [4.78, 5) is 0. The Kier molecular flexibility index (Phi) is 3.42. The van der Waals surface area contributed by atoms with Crippen molar-refractivity contribution >= 4 is 10.2 Å². The first-order chi connectivity index (χ1) is 5.15. The molecule has 0 unspecified atom stereocenters. The summed E-state index contributed by atoms with van der Waals surface area (Å²) in [5.74, 6) is -4.40. The number of hydrogen-bond donors (Lipinski definition) is 2. The largest absolute Gasteiger partial charge is 0.320 e. The average Bonchev–Trinajstić information content (AvgIpc) is 1.82. The molecular weight excluding hydrogens is 204 g/mol. The van der Waals surface area contributed by atoms with Crippen molar-refractivity contribution < 1.29 is 26.0 Å². The van der Waals surface area contributed by atoms with E-state index in [1.165, 1.54) is 0 Å². The van der Waals surface area contributed by atoms with Crippen LogP contribution >= 0.6 is 0 Å². The van der Waals surface area contributed by atoms with Gasteiger partial charge >= 0.3 is 12.3 Å². The molecule has 9 heteroatoms. The van der Waals surface area contributed by atoms with Crippen LogP contribution in [0.2, 0.25) is 0 Å². The van der Waals surface area contributed by atoms with E-state index >= 15 is 0 Å². The van der Waals surface area contributed by atoms with Crippen molar-refractivity contribution in [2.75, 3.05) is 6.54 Å². The van der Waals surface area contributed by atoms with Gasteiger partial charge in [-0.25, -0.2) is 13.9 Å². The molecule has 0 aromatic heterocycles. The lowest BCUT2D eigenvalue weighted by molar-refractivity contribution is -0.122. The van der Waals surface area contributed by atoms with E-state index in [4.69, 9.17) is 0 Å². The third kappa shape index (κ3) is 4.46. The Morgan fingerprint density at radius 3 is 2.08 bits per heavy atom. The highest BCUT2D eigenvalue weighted by Crippen LogP contribution is 2.21. The Labute approximate surface area is 65.9 Å². The molecule has 0 aliphatic heterocycles. The van der Waals surface area contributed by atoms with Gasteiger partial charge in [-0.05, 0) is 0 Å². The van der Waals surface area contributed by atoms with Crippen LogP contribution in [0.4, 0.5) is 17.6 Å². The van der Waals surface area contributed by atoms with Crippen LogP contribution in [0.25, 0.3) is 0 Å². The molecule has 0 amide bonds. The van der Waals surface area contributed by atoms with Gasteiger partial charge in [-0.15, -0.1) is 0 Å². The molecule has 0 aromatic carbocycles. The van der Waals surface area contributed by atoms with Gasteiger partial charge in [0.1, 0.15) is 0 Å². The van der Waals surface area contributed by atoms with Crippen molar-refractivity contribution in [3.8, 4) is 0 Å². The minimum absolute atomic E-state index is 1.06. The van der Waals surface area contributed by atoms with Crippen molar-refractivity contribution in [1.29, 1.82) is 0 Å². The number of halogens is 4. The van der Waals surface area contributed by atoms with Gasteiger partial charge in [0, 0.05) is 0 Å². The Hall–Kier alpha value is -0.410. The van der Waals surface area contributed by atoms with E-state index in [-0.39, 0.29) is 0 Å². The first-order valence-electron chi connectivity index (χ1n) is 2.58. The Bertz CT molecular complexity index is 239. The monoisotopic (exact) mass is 210 g/mol. The molecule has 0 aliphatic rings. The molecular formula is C3H6F4N2O2S. The number of hydrogen-bond acceptors (Lipinski definition) is 2. The first-order valence-corrected chi connectivity index (χ1v) is 4.13. The second-order valence-electron chi connectivity index (χ2n) is 1.93. The summed E-state index contributed by atoms with van der Waals surface area (Å²) in [6.45, 7) is -1.70. The summed E-state index contributed by atoms with van der Waals surface area (Å²) >= 11 is 0. The van der Waals surface area contributed by atoms with E-state index in [0.717, 1.165) is 4.72 Å². The fraction of sp³-hybridized carbons (Fsp3) is 1.00. The third-order valence-corrected chi connectivity index (χ3v) is 1.38. The van der Waals surface area contributed by atoms with Gasteiger partial charge in [0.2, 0.25) is 0 Å². The molecule has 0 atom stereocenters. The Balaban J connectivity index is 4.10. The number of rotatable bonds is 4. The van der Waals surface area contributed by atoms with Gasteiger partial charge < -0.3 is 0 Å². The minimum Gasteiger partial charge on any atom is -0.216 e. The summed E-state index contributed by atoms with van der Waals surface area (Å²) in [5.41, 5.74) is 0. The number of nitrogens with one attached hydrogen (secondary N) is 1. The molecule has 12 heavy (non-hydrogen) atoms. The van der Waals surface area contributed by atoms with Gasteiger partial charge in [0.05, 0.1) is 6.54 Å². The second kappa shape index (κ2) is 3.54. The predicted molar refractivity (Wildman–Crippen MR) is 32.1 cm³/mol. The highest BCUT2D eigenvalue weighted by Gasteiger charge is 2.41. The molecule has 0 aliphatic carbocycles. The van der Waals surface area contributed by atoms with Gasteiger partial charge in [0.15, 0.2) is 0 Å². The van der Waals surface area contributed by atoms with Gasteiger partial charge in [0.25, 0.3) is 10.2 Å². The molecule has 0 saturated heterocycles. The standard InChI is InChI=1S/C3H6F4N2O2S/c4-2(5)3(6,7)1-9-12(8,10)11/h2,9H,1H2,(H2,8,10,11). The van der Waals surface area contributed by atoms with Crippen molar-refractivity contribution in [3.63, 3.8) is 0 Å². The van der Waals surface area contributed by atoms with Crippen molar-refractivity contribution in [2.45, 2.75) is 12.3 Å². The number of alkyl halides is 4. The van der Waals surface area contributed by atoms with E-state index in [9.17, 15) is 26.0 Å². The average molecular weight is 210 g/mol. The molecule has 0 spiro atoms. The fourth-order valence-corrected chi connectivity index (χ4v) is 0.668. The first kappa shape index (κ1) is 11.6. The molecule has 4 nitrogen and oxygen atoms in total. The van der Waals surface area contributed by atoms with E-state index in [1.807, 2.05) is 0 Å². The normalized spacial score (nSPS) is 13.8. The quantitative estimate of drug-likeness (QED) is 0.624. The minimum atomic E-state index is -4.40. The Morgan fingerprint density at radius 1 is 1.42 bits per heavy atom. The molecule has 0 heterocycles. The van der Waals surface area contributed by atoms with Crippen LogP contribution in [0.15, 0.2) is 0 Å². The lowest BCUT2D eigenvalue weighted by Crippen LogP contribution is -2.43. The molecule has 0 saturated carbocycles. The highest BCUT2D eigenvalue weighted by molar-refractivity contribution is 7.87. The fourth-order valence-electron chi connectivity index (χ4n) is 0.274. The second-order valence-corrected chi connectivity index (χ2v) is 3.31. The van der Waals surface area contributed by atoms with Crippen molar-refractivity contribution in [3.05, 3.63) is 0 Å². The predicted octanol–water partition coefficient (Wildman–Crippen LogP) is -0.320. The smallest absolute Gasteiger partial charge is 0.216 e. The summed E-state index contributed by atoms with van der Waals surface area (Å²) in [7, 11) is -4.35. The molecule has 3 N–H and O–H groups in total. The zero-order valence-corrected chi connectivity index (χ0v) is 6.41. The van der Waals surface area contributed by atoms with E-state index in [0.29, 0.717) is 0 Å². The Morgan fingerprint density at radius 2 is 1.83 bits per heavy atom.